The second-order valence-electron chi connectivity index (χ2n) is 4.63. The Morgan fingerprint density at radius 2 is 1.94 bits per heavy atom. The Balaban J connectivity index is 2.82. The lowest BCUT2D eigenvalue weighted by Crippen LogP contribution is -2.17. The summed E-state index contributed by atoms with van der Waals surface area (Å²) in [5.41, 5.74) is 1.61. The Morgan fingerprint density at radius 3 is 2.41 bits per heavy atom. The van der Waals surface area contributed by atoms with Crippen LogP contribution in [0.3, 0.4) is 0 Å². The van der Waals surface area contributed by atoms with E-state index >= 15 is 0 Å². The fourth-order valence-corrected chi connectivity index (χ4v) is 2.04. The quantitative estimate of drug-likeness (QED) is 0.511. The highest BCUT2D eigenvalue weighted by atomic mass is 79.9. The van der Waals surface area contributed by atoms with Gasteiger partial charge in [0.15, 0.2) is 0 Å². The number of rotatable bonds is 5. The SMILES string of the molecule is CC(C)(CCCBr)c1ccc(C(=O)OO)cc1. The van der Waals surface area contributed by atoms with Gasteiger partial charge < -0.3 is 0 Å². The summed E-state index contributed by atoms with van der Waals surface area (Å²) in [6.45, 7) is 4.35. The predicted molar refractivity (Wildman–Crippen MR) is 70.5 cm³/mol. The van der Waals surface area contributed by atoms with Crippen molar-refractivity contribution in [2.75, 3.05) is 5.33 Å². The maximum absolute atomic E-state index is 11.1. The molecule has 1 aromatic carbocycles. The van der Waals surface area contributed by atoms with Gasteiger partial charge in [0, 0.05) is 5.33 Å². The molecular weight excluding hydrogens is 284 g/mol. The van der Waals surface area contributed by atoms with Crippen LogP contribution in [0.2, 0.25) is 0 Å². The van der Waals surface area contributed by atoms with E-state index < -0.39 is 5.97 Å². The minimum absolute atomic E-state index is 0.0788. The Kier molecular flexibility index (Phi) is 5.15. The Hall–Kier alpha value is -0.870. The van der Waals surface area contributed by atoms with E-state index in [-0.39, 0.29) is 5.41 Å². The van der Waals surface area contributed by atoms with Crippen LogP contribution in [0.5, 0.6) is 0 Å². The van der Waals surface area contributed by atoms with Gasteiger partial charge in [-0.1, -0.05) is 41.9 Å². The minimum Gasteiger partial charge on any atom is -0.296 e. The van der Waals surface area contributed by atoms with Crippen molar-refractivity contribution in [3.63, 3.8) is 0 Å². The summed E-state index contributed by atoms with van der Waals surface area (Å²) in [6.07, 6.45) is 2.18. The van der Waals surface area contributed by atoms with Crippen molar-refractivity contribution in [1.29, 1.82) is 0 Å². The molecule has 0 saturated carbocycles. The molecule has 0 aliphatic heterocycles. The van der Waals surface area contributed by atoms with E-state index in [0.29, 0.717) is 5.56 Å². The molecule has 1 rings (SSSR count). The normalized spacial score (nSPS) is 11.3. The van der Waals surface area contributed by atoms with Crippen molar-refractivity contribution >= 4 is 21.9 Å². The van der Waals surface area contributed by atoms with Gasteiger partial charge in [0.25, 0.3) is 0 Å². The molecular formula is C13H17BrO3. The standard InChI is InChI=1S/C13H17BrO3/c1-13(2,8-3-9-14)11-6-4-10(5-7-11)12(15)17-16/h4-7,16H,3,8-9H2,1-2H3. The fourth-order valence-electron chi connectivity index (χ4n) is 1.76. The highest BCUT2D eigenvalue weighted by Gasteiger charge is 2.20. The van der Waals surface area contributed by atoms with Crippen molar-refractivity contribution in [2.45, 2.75) is 32.1 Å². The van der Waals surface area contributed by atoms with Gasteiger partial charge in [0.1, 0.15) is 0 Å². The lowest BCUT2D eigenvalue weighted by atomic mass is 9.80. The van der Waals surface area contributed by atoms with E-state index in [0.717, 1.165) is 18.2 Å². The van der Waals surface area contributed by atoms with E-state index in [1.807, 2.05) is 12.1 Å². The van der Waals surface area contributed by atoms with Crippen LogP contribution in [0.15, 0.2) is 24.3 Å². The molecule has 1 N–H and O–H groups in total. The molecule has 0 amide bonds. The van der Waals surface area contributed by atoms with Gasteiger partial charge >= 0.3 is 5.97 Å². The van der Waals surface area contributed by atoms with Crippen LogP contribution >= 0.6 is 15.9 Å². The minimum atomic E-state index is -0.727. The molecule has 0 aliphatic carbocycles. The van der Waals surface area contributed by atoms with E-state index in [9.17, 15) is 4.79 Å². The molecule has 0 heterocycles. The second-order valence-corrected chi connectivity index (χ2v) is 5.43. The van der Waals surface area contributed by atoms with Gasteiger partial charge in [0.05, 0.1) is 5.56 Å². The summed E-state index contributed by atoms with van der Waals surface area (Å²) < 4.78 is 0. The first-order valence-corrected chi connectivity index (χ1v) is 6.65. The van der Waals surface area contributed by atoms with E-state index in [1.54, 1.807) is 12.1 Å². The van der Waals surface area contributed by atoms with Crippen LogP contribution in [0.25, 0.3) is 0 Å². The number of alkyl halides is 1. The molecule has 0 unspecified atom stereocenters. The molecule has 1 aromatic rings. The molecule has 0 radical (unpaired) electrons. The largest absolute Gasteiger partial charge is 0.372 e. The van der Waals surface area contributed by atoms with Gasteiger partial charge in [-0.05, 0) is 36.0 Å². The summed E-state index contributed by atoms with van der Waals surface area (Å²) in [7, 11) is 0. The van der Waals surface area contributed by atoms with E-state index in [2.05, 4.69) is 34.7 Å². The zero-order valence-corrected chi connectivity index (χ0v) is 11.7. The van der Waals surface area contributed by atoms with Gasteiger partial charge in [0.2, 0.25) is 0 Å². The molecule has 0 bridgehead atoms. The fraction of sp³-hybridized carbons (Fsp3) is 0.462. The van der Waals surface area contributed by atoms with Crippen molar-refractivity contribution in [3.05, 3.63) is 35.4 Å². The van der Waals surface area contributed by atoms with E-state index in [4.69, 9.17) is 5.26 Å². The molecule has 0 aliphatic rings. The molecule has 3 nitrogen and oxygen atoms in total. The third kappa shape index (κ3) is 3.82. The summed E-state index contributed by atoms with van der Waals surface area (Å²) in [5.74, 6) is -0.727. The topological polar surface area (TPSA) is 46.5 Å². The Morgan fingerprint density at radius 1 is 1.35 bits per heavy atom. The number of carbonyl (C=O) groups is 1. The molecule has 0 saturated heterocycles. The van der Waals surface area contributed by atoms with Crippen LogP contribution < -0.4 is 0 Å². The van der Waals surface area contributed by atoms with Crippen molar-refractivity contribution in [2.24, 2.45) is 0 Å². The number of hydrogen-bond donors (Lipinski definition) is 1. The molecule has 0 spiro atoms. The highest BCUT2D eigenvalue weighted by Crippen LogP contribution is 2.28. The Bertz CT molecular complexity index is 371. The van der Waals surface area contributed by atoms with Crippen molar-refractivity contribution in [1.82, 2.24) is 0 Å². The van der Waals surface area contributed by atoms with Crippen LogP contribution in [0, 0.1) is 0 Å². The Labute approximate surface area is 110 Å². The number of benzene rings is 1. The average Bonchev–Trinajstić information content (AvgIpc) is 2.35. The summed E-state index contributed by atoms with van der Waals surface area (Å²) in [4.78, 5) is 14.7. The van der Waals surface area contributed by atoms with Crippen LogP contribution in [-0.4, -0.2) is 16.6 Å². The first-order valence-electron chi connectivity index (χ1n) is 5.53. The first kappa shape index (κ1) is 14.2. The van der Waals surface area contributed by atoms with Gasteiger partial charge in [-0.25, -0.2) is 4.79 Å². The summed E-state index contributed by atoms with van der Waals surface area (Å²) in [6, 6.07) is 7.15. The highest BCUT2D eigenvalue weighted by molar-refractivity contribution is 9.09. The third-order valence-electron chi connectivity index (χ3n) is 2.92. The lowest BCUT2D eigenvalue weighted by Gasteiger charge is -2.25. The monoisotopic (exact) mass is 300 g/mol. The smallest absolute Gasteiger partial charge is 0.296 e. The molecule has 0 atom stereocenters. The first-order chi connectivity index (χ1) is 8.01. The number of hydrogen-bond acceptors (Lipinski definition) is 3. The second kappa shape index (κ2) is 6.17. The van der Waals surface area contributed by atoms with Crippen LogP contribution in [-0.2, 0) is 10.3 Å². The summed E-state index contributed by atoms with van der Waals surface area (Å²) in [5, 5.41) is 9.27. The number of carbonyl (C=O) groups excluding carboxylic acids is 1. The summed E-state index contributed by atoms with van der Waals surface area (Å²) >= 11 is 3.43. The molecule has 4 heteroatoms. The van der Waals surface area contributed by atoms with Gasteiger partial charge in [-0.15, -0.1) is 0 Å². The predicted octanol–water partition coefficient (Wildman–Crippen LogP) is 3.77. The third-order valence-corrected chi connectivity index (χ3v) is 3.48. The number of halogens is 1. The van der Waals surface area contributed by atoms with Gasteiger partial charge in [-0.2, -0.15) is 5.26 Å². The molecule has 17 heavy (non-hydrogen) atoms. The van der Waals surface area contributed by atoms with Gasteiger partial charge in [-0.3, -0.25) is 4.89 Å². The molecule has 94 valence electrons. The maximum atomic E-state index is 11.1. The molecule has 0 aromatic heterocycles. The zero-order valence-electron chi connectivity index (χ0n) is 10.1. The maximum Gasteiger partial charge on any atom is 0.372 e. The zero-order chi connectivity index (χ0) is 12.9. The van der Waals surface area contributed by atoms with Crippen LogP contribution in [0.4, 0.5) is 0 Å². The molecule has 0 fully saturated rings. The van der Waals surface area contributed by atoms with E-state index in [1.165, 1.54) is 5.56 Å². The van der Waals surface area contributed by atoms with Crippen molar-refractivity contribution in [3.8, 4) is 0 Å². The van der Waals surface area contributed by atoms with Crippen LogP contribution in [0.1, 0.15) is 42.6 Å². The van der Waals surface area contributed by atoms with Crippen molar-refractivity contribution < 1.29 is 14.9 Å². The average molecular weight is 301 g/mol. The lowest BCUT2D eigenvalue weighted by molar-refractivity contribution is -0.182.